The van der Waals surface area contributed by atoms with Gasteiger partial charge in [0.2, 0.25) is 0 Å². The Morgan fingerprint density at radius 3 is 1.04 bits per heavy atom. The maximum absolute atomic E-state index is 12.8. The van der Waals surface area contributed by atoms with Gasteiger partial charge in [-0.25, -0.2) is 0 Å². The van der Waals surface area contributed by atoms with E-state index >= 15 is 0 Å². The molecule has 0 aliphatic carbocycles. The number of rotatable bonds is 44. The van der Waals surface area contributed by atoms with Gasteiger partial charge >= 0.3 is 11.9 Å². The highest BCUT2D eigenvalue weighted by Gasteiger charge is 2.14. The lowest BCUT2D eigenvalue weighted by Crippen LogP contribution is -2.18. The van der Waals surface area contributed by atoms with Crippen LogP contribution in [0.25, 0.3) is 0 Å². The van der Waals surface area contributed by atoms with Crippen LogP contribution in [-0.2, 0) is 14.3 Å². The average molecular weight is 733 g/mol. The molecule has 0 spiro atoms. The highest BCUT2D eigenvalue weighted by Crippen LogP contribution is 2.19. The van der Waals surface area contributed by atoms with E-state index in [1.54, 1.807) is 0 Å². The molecule has 4 nitrogen and oxygen atoms in total. The second-order valence-corrected chi connectivity index (χ2v) is 16.3. The molecule has 0 heterocycles. The molecule has 0 amide bonds. The normalized spacial score (nSPS) is 12.2. The van der Waals surface area contributed by atoms with Gasteiger partial charge in [-0.2, -0.15) is 0 Å². The lowest BCUT2D eigenvalue weighted by molar-refractivity contribution is -0.150. The fourth-order valence-electron chi connectivity index (χ4n) is 7.48. The summed E-state index contributed by atoms with van der Waals surface area (Å²) >= 11 is 0. The predicted molar refractivity (Wildman–Crippen MR) is 227 cm³/mol. The van der Waals surface area contributed by atoms with Crippen molar-refractivity contribution in [1.82, 2.24) is 0 Å². The van der Waals surface area contributed by atoms with Crippen molar-refractivity contribution in [3.05, 3.63) is 12.2 Å². The van der Waals surface area contributed by atoms with Gasteiger partial charge in [-0.05, 0) is 64.2 Å². The van der Waals surface area contributed by atoms with Crippen molar-refractivity contribution >= 4 is 11.9 Å². The largest absolute Gasteiger partial charge is 0.481 e. The molecule has 4 heteroatoms. The van der Waals surface area contributed by atoms with Crippen LogP contribution >= 0.6 is 0 Å². The summed E-state index contributed by atoms with van der Waals surface area (Å²) in [6.45, 7) is 4.57. The van der Waals surface area contributed by atoms with Crippen molar-refractivity contribution in [2.24, 2.45) is 0 Å². The Kier molecular flexibility index (Phi) is 43.0. The number of hydrogen-bond acceptors (Lipinski definition) is 3. The summed E-state index contributed by atoms with van der Waals surface area (Å²) < 4.78 is 6.04. The Labute approximate surface area is 325 Å². The Bertz CT molecular complexity index is 747. The second kappa shape index (κ2) is 44.1. The van der Waals surface area contributed by atoms with Gasteiger partial charge < -0.3 is 9.84 Å². The number of carboxylic acid groups (broad SMARTS) is 1. The average Bonchev–Trinajstić information content (AvgIpc) is 3.13. The van der Waals surface area contributed by atoms with Crippen LogP contribution in [0, 0.1) is 0 Å². The molecule has 1 atom stereocenters. The number of unbranched alkanes of at least 4 members (excludes halogenated alkanes) is 33. The minimum Gasteiger partial charge on any atom is -0.481 e. The lowest BCUT2D eigenvalue weighted by atomic mass is 10.0. The first-order chi connectivity index (χ1) is 25.6. The highest BCUT2D eigenvalue weighted by atomic mass is 16.5. The maximum Gasteiger partial charge on any atom is 0.306 e. The number of ether oxygens (including phenoxy) is 1. The van der Waals surface area contributed by atoms with Gasteiger partial charge in [-0.1, -0.05) is 212 Å². The van der Waals surface area contributed by atoms with Crippen LogP contribution in [0.2, 0.25) is 0 Å². The molecular formula is C48H92O4. The zero-order valence-corrected chi connectivity index (χ0v) is 35.4. The molecule has 0 aromatic carbocycles. The number of carbonyl (C=O) groups excluding carboxylic acids is 1. The van der Waals surface area contributed by atoms with E-state index in [1.165, 1.54) is 186 Å². The molecule has 0 aliphatic rings. The van der Waals surface area contributed by atoms with E-state index in [0.717, 1.165) is 64.2 Å². The smallest absolute Gasteiger partial charge is 0.306 e. The van der Waals surface area contributed by atoms with E-state index < -0.39 is 5.97 Å². The second-order valence-electron chi connectivity index (χ2n) is 16.3. The molecule has 0 aromatic rings. The van der Waals surface area contributed by atoms with Crippen molar-refractivity contribution in [3.8, 4) is 0 Å². The Morgan fingerprint density at radius 2 is 0.692 bits per heavy atom. The molecule has 0 aromatic heterocycles. The summed E-state index contributed by atoms with van der Waals surface area (Å²) in [6, 6.07) is 0. The Hall–Kier alpha value is -1.32. The zero-order valence-electron chi connectivity index (χ0n) is 35.4. The van der Waals surface area contributed by atoms with Gasteiger partial charge in [-0.15, -0.1) is 0 Å². The third-order valence-electron chi connectivity index (χ3n) is 11.0. The van der Waals surface area contributed by atoms with Crippen molar-refractivity contribution in [2.45, 2.75) is 283 Å². The van der Waals surface area contributed by atoms with Gasteiger partial charge in [-0.3, -0.25) is 9.59 Å². The van der Waals surface area contributed by atoms with Gasteiger partial charge in [0.15, 0.2) is 0 Å². The fraction of sp³-hybridized carbons (Fsp3) is 0.917. The van der Waals surface area contributed by atoms with Crippen LogP contribution in [0.15, 0.2) is 12.2 Å². The minimum absolute atomic E-state index is 0.00782. The van der Waals surface area contributed by atoms with E-state index in [2.05, 4.69) is 26.0 Å². The molecular weight excluding hydrogens is 641 g/mol. The summed E-state index contributed by atoms with van der Waals surface area (Å²) in [5, 5.41) is 8.85. The van der Waals surface area contributed by atoms with Crippen molar-refractivity contribution < 1.29 is 19.4 Å². The highest BCUT2D eigenvalue weighted by molar-refractivity contribution is 5.69. The molecule has 0 saturated heterocycles. The molecule has 0 saturated carbocycles. The number of allylic oxidation sites excluding steroid dienone is 2. The van der Waals surface area contributed by atoms with Gasteiger partial charge in [0.1, 0.15) is 6.10 Å². The van der Waals surface area contributed by atoms with Crippen LogP contribution in [0.3, 0.4) is 0 Å². The van der Waals surface area contributed by atoms with E-state index in [1.807, 2.05) is 0 Å². The summed E-state index contributed by atoms with van der Waals surface area (Å²) in [4.78, 5) is 23.5. The summed E-state index contributed by atoms with van der Waals surface area (Å²) in [7, 11) is 0. The maximum atomic E-state index is 12.8. The summed E-state index contributed by atoms with van der Waals surface area (Å²) in [6.07, 6.45) is 55.4. The topological polar surface area (TPSA) is 63.6 Å². The van der Waals surface area contributed by atoms with E-state index in [-0.39, 0.29) is 18.5 Å². The van der Waals surface area contributed by atoms with Crippen molar-refractivity contribution in [1.29, 1.82) is 0 Å². The summed E-state index contributed by atoms with van der Waals surface area (Å²) in [5.41, 5.74) is 0. The third-order valence-corrected chi connectivity index (χ3v) is 11.0. The molecule has 0 fully saturated rings. The van der Waals surface area contributed by atoms with Crippen LogP contribution in [0.1, 0.15) is 277 Å². The number of hydrogen-bond donors (Lipinski definition) is 1. The molecule has 52 heavy (non-hydrogen) atoms. The van der Waals surface area contributed by atoms with Crippen LogP contribution in [0.4, 0.5) is 0 Å². The van der Waals surface area contributed by atoms with E-state index in [4.69, 9.17) is 9.84 Å². The quantitative estimate of drug-likeness (QED) is 0.0385. The Balaban J connectivity index is 3.94. The molecule has 0 radical (unpaired) electrons. The number of esters is 1. The first-order valence-corrected chi connectivity index (χ1v) is 23.7. The molecule has 1 N–H and O–H groups in total. The Morgan fingerprint density at radius 1 is 0.404 bits per heavy atom. The first-order valence-electron chi connectivity index (χ1n) is 23.7. The van der Waals surface area contributed by atoms with Crippen LogP contribution in [0.5, 0.6) is 0 Å². The fourth-order valence-corrected chi connectivity index (χ4v) is 7.48. The molecule has 0 rings (SSSR count). The molecule has 0 aliphatic heterocycles. The molecule has 1 unspecified atom stereocenters. The zero-order chi connectivity index (χ0) is 37.8. The van der Waals surface area contributed by atoms with Gasteiger partial charge in [0, 0.05) is 12.8 Å². The van der Waals surface area contributed by atoms with E-state index in [9.17, 15) is 9.59 Å². The monoisotopic (exact) mass is 733 g/mol. The lowest BCUT2D eigenvalue weighted by Gasteiger charge is -2.18. The van der Waals surface area contributed by atoms with E-state index in [0.29, 0.717) is 6.42 Å². The van der Waals surface area contributed by atoms with Crippen molar-refractivity contribution in [2.75, 3.05) is 0 Å². The first kappa shape index (κ1) is 50.7. The van der Waals surface area contributed by atoms with Crippen LogP contribution in [-0.4, -0.2) is 23.1 Å². The SMILES string of the molecule is CCCCCCCC/C=C\CCCCCCCCCCCC(=O)OC(CCCCCCCCCCCCCCCCC)CCCCCCCC(=O)O. The van der Waals surface area contributed by atoms with Crippen molar-refractivity contribution in [3.63, 3.8) is 0 Å². The predicted octanol–water partition coefficient (Wildman–Crippen LogP) is 16.6. The summed E-state index contributed by atoms with van der Waals surface area (Å²) in [5.74, 6) is -0.688. The third kappa shape index (κ3) is 43.1. The molecule has 308 valence electrons. The number of carbonyl (C=O) groups is 2. The number of aliphatic carboxylic acids is 1. The standard InChI is InChI=1S/C48H92O4/c1-3-5-7-9-11-13-15-17-19-20-21-22-24-26-28-30-32-37-41-45-48(51)52-46(43-39-35-33-36-40-44-47(49)50)42-38-34-31-29-27-25-23-18-16-14-12-10-8-6-4-2/h17,19,46H,3-16,18,20-45H2,1-2H3,(H,49,50)/b19-17-. The van der Waals surface area contributed by atoms with Gasteiger partial charge in [0.25, 0.3) is 0 Å². The van der Waals surface area contributed by atoms with Gasteiger partial charge in [0.05, 0.1) is 0 Å². The molecule has 0 bridgehead atoms. The van der Waals surface area contributed by atoms with Crippen LogP contribution < -0.4 is 0 Å². The minimum atomic E-state index is -0.696. The number of carboxylic acids is 1.